The van der Waals surface area contributed by atoms with Crippen LogP contribution >= 0.6 is 0 Å². The predicted molar refractivity (Wildman–Crippen MR) is 74.4 cm³/mol. The monoisotopic (exact) mass is 293 g/mol. The number of halogens is 1. The Morgan fingerprint density at radius 2 is 2.24 bits per heavy atom. The maximum atomic E-state index is 13.8. The third-order valence-corrected chi connectivity index (χ3v) is 3.36. The van der Waals surface area contributed by atoms with E-state index in [1.807, 2.05) is 6.92 Å². The van der Waals surface area contributed by atoms with Crippen molar-refractivity contribution >= 4 is 18.0 Å². The van der Waals surface area contributed by atoms with Crippen molar-refractivity contribution in [2.75, 3.05) is 6.61 Å². The zero-order valence-corrected chi connectivity index (χ0v) is 11.5. The van der Waals surface area contributed by atoms with E-state index in [2.05, 4.69) is 5.32 Å². The number of hydrogen-bond donors (Lipinski definition) is 2. The highest BCUT2D eigenvalue weighted by Gasteiger charge is 2.26. The van der Waals surface area contributed by atoms with Crippen LogP contribution in [0.25, 0.3) is 6.08 Å². The second-order valence-electron chi connectivity index (χ2n) is 4.85. The fourth-order valence-corrected chi connectivity index (χ4v) is 2.14. The first-order valence-corrected chi connectivity index (χ1v) is 6.60. The molecule has 1 heterocycles. The second-order valence-corrected chi connectivity index (χ2v) is 4.85. The zero-order valence-electron chi connectivity index (χ0n) is 11.5. The van der Waals surface area contributed by atoms with E-state index >= 15 is 0 Å². The quantitative estimate of drug-likeness (QED) is 0.830. The minimum Gasteiger partial charge on any atom is -0.478 e. The smallest absolute Gasteiger partial charge is 0.328 e. The first-order valence-electron chi connectivity index (χ1n) is 6.60. The van der Waals surface area contributed by atoms with E-state index in [1.165, 1.54) is 12.1 Å². The van der Waals surface area contributed by atoms with Gasteiger partial charge in [0.15, 0.2) is 0 Å². The molecule has 0 bridgehead atoms. The van der Waals surface area contributed by atoms with Gasteiger partial charge in [0, 0.05) is 23.8 Å². The first-order chi connectivity index (χ1) is 9.97. The molecule has 2 unspecified atom stereocenters. The minimum absolute atomic E-state index is 0.0587. The lowest BCUT2D eigenvalue weighted by Crippen LogP contribution is -2.39. The summed E-state index contributed by atoms with van der Waals surface area (Å²) < 4.78 is 19.1. The average Bonchev–Trinajstić information content (AvgIpc) is 2.82. The van der Waals surface area contributed by atoms with Gasteiger partial charge in [0.1, 0.15) is 5.82 Å². The molecule has 1 fully saturated rings. The van der Waals surface area contributed by atoms with Gasteiger partial charge >= 0.3 is 5.97 Å². The molecule has 1 aliphatic rings. The molecule has 2 N–H and O–H groups in total. The Labute approximate surface area is 121 Å². The van der Waals surface area contributed by atoms with Crippen LogP contribution in [0.4, 0.5) is 4.39 Å². The number of carbonyl (C=O) groups is 2. The number of nitrogens with one attached hydrogen (secondary N) is 1. The van der Waals surface area contributed by atoms with E-state index in [1.54, 1.807) is 0 Å². The number of carboxylic acid groups (broad SMARTS) is 1. The van der Waals surface area contributed by atoms with Gasteiger partial charge in [-0.25, -0.2) is 9.18 Å². The molecule has 2 rings (SSSR count). The van der Waals surface area contributed by atoms with Gasteiger partial charge < -0.3 is 15.2 Å². The summed E-state index contributed by atoms with van der Waals surface area (Å²) in [6.07, 6.45) is 2.66. The minimum atomic E-state index is -1.16. The Hall–Kier alpha value is -2.21. The Kier molecular flexibility index (Phi) is 4.70. The molecule has 1 aliphatic heterocycles. The van der Waals surface area contributed by atoms with Crippen molar-refractivity contribution in [3.05, 3.63) is 41.2 Å². The van der Waals surface area contributed by atoms with Crippen LogP contribution in [0.1, 0.15) is 29.3 Å². The maximum absolute atomic E-state index is 13.8. The van der Waals surface area contributed by atoms with Gasteiger partial charge in [-0.2, -0.15) is 0 Å². The standard InChI is InChI=1S/C15H16FNO4/c1-9-13(6-7-21-9)17-15(20)11-3-2-10(12(16)8-11)4-5-14(18)19/h2-5,8-9,13H,6-7H2,1H3,(H,17,20)(H,18,19)/b5-4+. The predicted octanol–water partition coefficient (Wildman–Crippen LogP) is 1.83. The number of ether oxygens (including phenoxy) is 1. The number of aliphatic carboxylic acids is 1. The number of carboxylic acids is 1. The molecule has 112 valence electrons. The summed E-state index contributed by atoms with van der Waals surface area (Å²) >= 11 is 0. The van der Waals surface area contributed by atoms with Crippen molar-refractivity contribution in [1.29, 1.82) is 0 Å². The normalized spacial score (nSPS) is 21.6. The molecule has 21 heavy (non-hydrogen) atoms. The molecule has 6 heteroatoms. The van der Waals surface area contributed by atoms with Crippen molar-refractivity contribution < 1.29 is 23.8 Å². The molecule has 1 saturated heterocycles. The average molecular weight is 293 g/mol. The van der Waals surface area contributed by atoms with Crippen molar-refractivity contribution in [3.8, 4) is 0 Å². The van der Waals surface area contributed by atoms with E-state index in [0.717, 1.165) is 24.6 Å². The Balaban J connectivity index is 2.08. The number of rotatable bonds is 4. The van der Waals surface area contributed by atoms with E-state index in [0.29, 0.717) is 6.61 Å². The highest BCUT2D eigenvalue weighted by atomic mass is 19.1. The van der Waals surface area contributed by atoms with Gasteiger partial charge in [-0.1, -0.05) is 6.07 Å². The van der Waals surface area contributed by atoms with E-state index < -0.39 is 11.8 Å². The molecule has 0 spiro atoms. The fraction of sp³-hybridized carbons (Fsp3) is 0.333. The summed E-state index contributed by atoms with van der Waals surface area (Å²) in [5, 5.41) is 11.3. The summed E-state index contributed by atoms with van der Waals surface area (Å²) in [5.74, 6) is -2.17. The third-order valence-electron chi connectivity index (χ3n) is 3.36. The van der Waals surface area contributed by atoms with Gasteiger partial charge in [-0.05, 0) is 31.6 Å². The topological polar surface area (TPSA) is 75.6 Å². The summed E-state index contributed by atoms with van der Waals surface area (Å²) in [6, 6.07) is 3.85. The molecule has 0 aromatic heterocycles. The molecule has 0 radical (unpaired) electrons. The van der Waals surface area contributed by atoms with Crippen LogP contribution < -0.4 is 5.32 Å². The molecule has 0 aliphatic carbocycles. The number of carbonyl (C=O) groups excluding carboxylic acids is 1. The molecular weight excluding hydrogens is 277 g/mol. The van der Waals surface area contributed by atoms with Gasteiger partial charge in [0.25, 0.3) is 5.91 Å². The van der Waals surface area contributed by atoms with Crippen molar-refractivity contribution in [1.82, 2.24) is 5.32 Å². The van der Waals surface area contributed by atoms with Crippen LogP contribution in [0.3, 0.4) is 0 Å². The van der Waals surface area contributed by atoms with Gasteiger partial charge in [0.2, 0.25) is 0 Å². The van der Waals surface area contributed by atoms with Crippen LogP contribution in [0.15, 0.2) is 24.3 Å². The Morgan fingerprint density at radius 1 is 1.48 bits per heavy atom. The number of hydrogen-bond acceptors (Lipinski definition) is 3. The Morgan fingerprint density at radius 3 is 2.81 bits per heavy atom. The van der Waals surface area contributed by atoms with Crippen LogP contribution in [-0.2, 0) is 9.53 Å². The van der Waals surface area contributed by atoms with Crippen LogP contribution in [0.2, 0.25) is 0 Å². The molecule has 0 saturated carbocycles. The van der Waals surface area contributed by atoms with Crippen LogP contribution in [0.5, 0.6) is 0 Å². The van der Waals surface area contributed by atoms with Crippen LogP contribution in [-0.4, -0.2) is 35.7 Å². The highest BCUT2D eigenvalue weighted by molar-refractivity contribution is 5.94. The summed E-state index contributed by atoms with van der Waals surface area (Å²) in [7, 11) is 0. The molecule has 1 amide bonds. The van der Waals surface area contributed by atoms with E-state index in [4.69, 9.17) is 9.84 Å². The molecule has 2 atom stereocenters. The fourth-order valence-electron chi connectivity index (χ4n) is 2.14. The summed E-state index contributed by atoms with van der Waals surface area (Å²) in [4.78, 5) is 22.4. The zero-order chi connectivity index (χ0) is 15.4. The maximum Gasteiger partial charge on any atom is 0.328 e. The Bertz CT molecular complexity index is 585. The van der Waals surface area contributed by atoms with Crippen molar-refractivity contribution in [3.63, 3.8) is 0 Å². The lowest BCUT2D eigenvalue weighted by atomic mass is 10.1. The number of benzene rings is 1. The summed E-state index contributed by atoms with van der Waals surface area (Å²) in [6.45, 7) is 2.47. The third kappa shape index (κ3) is 3.88. The first kappa shape index (κ1) is 15.2. The van der Waals surface area contributed by atoms with E-state index in [9.17, 15) is 14.0 Å². The molecule has 1 aromatic carbocycles. The number of amides is 1. The van der Waals surface area contributed by atoms with E-state index in [-0.39, 0.29) is 29.2 Å². The van der Waals surface area contributed by atoms with Gasteiger partial charge in [-0.15, -0.1) is 0 Å². The van der Waals surface area contributed by atoms with Gasteiger partial charge in [0.05, 0.1) is 12.1 Å². The van der Waals surface area contributed by atoms with Crippen molar-refractivity contribution in [2.24, 2.45) is 0 Å². The lowest BCUT2D eigenvalue weighted by molar-refractivity contribution is -0.131. The lowest BCUT2D eigenvalue weighted by Gasteiger charge is -2.16. The largest absolute Gasteiger partial charge is 0.478 e. The second kappa shape index (κ2) is 6.49. The summed E-state index contributed by atoms with van der Waals surface area (Å²) in [5.41, 5.74) is 0.311. The molecular formula is C15H16FNO4. The molecule has 1 aromatic rings. The highest BCUT2D eigenvalue weighted by Crippen LogP contribution is 2.15. The SMILES string of the molecule is CC1OCCC1NC(=O)c1ccc(/C=C/C(=O)O)c(F)c1. The van der Waals surface area contributed by atoms with Gasteiger partial charge in [-0.3, -0.25) is 4.79 Å². The van der Waals surface area contributed by atoms with Crippen LogP contribution in [0, 0.1) is 5.82 Å². The van der Waals surface area contributed by atoms with Crippen molar-refractivity contribution in [2.45, 2.75) is 25.5 Å². The molecule has 5 nitrogen and oxygen atoms in total.